The first-order valence-electron chi connectivity index (χ1n) is 6.96. The number of ether oxygens (including phenoxy) is 1. The fraction of sp³-hybridized carbons (Fsp3) is 0.786. The molecule has 0 bridgehead atoms. The van der Waals surface area contributed by atoms with E-state index in [1.165, 1.54) is 37.0 Å². The maximum absolute atomic E-state index is 5.96. The lowest BCUT2D eigenvalue weighted by atomic mass is 9.77. The number of aromatic nitrogens is 1. The van der Waals surface area contributed by atoms with Crippen molar-refractivity contribution in [2.75, 3.05) is 13.7 Å². The summed E-state index contributed by atoms with van der Waals surface area (Å²) in [4.78, 5) is 5.53. The molecule has 4 heteroatoms. The van der Waals surface area contributed by atoms with Gasteiger partial charge < -0.3 is 10.1 Å². The Hall–Kier alpha value is -0.450. The fourth-order valence-electron chi connectivity index (χ4n) is 3.08. The quantitative estimate of drug-likeness (QED) is 0.861. The van der Waals surface area contributed by atoms with Crippen LogP contribution in [-0.2, 0) is 11.2 Å². The Balaban J connectivity index is 2.10. The van der Waals surface area contributed by atoms with Crippen molar-refractivity contribution in [1.29, 1.82) is 0 Å². The van der Waals surface area contributed by atoms with Gasteiger partial charge in [-0.15, -0.1) is 11.3 Å². The van der Waals surface area contributed by atoms with Crippen LogP contribution in [0.15, 0.2) is 11.7 Å². The van der Waals surface area contributed by atoms with Gasteiger partial charge in [0.15, 0.2) is 0 Å². The van der Waals surface area contributed by atoms with Crippen LogP contribution >= 0.6 is 11.3 Å². The Labute approximate surface area is 114 Å². The topological polar surface area (TPSA) is 34.2 Å². The van der Waals surface area contributed by atoms with Crippen LogP contribution in [0.1, 0.15) is 43.9 Å². The first-order valence-corrected chi connectivity index (χ1v) is 7.84. The lowest BCUT2D eigenvalue weighted by Crippen LogP contribution is -2.54. The van der Waals surface area contributed by atoms with Gasteiger partial charge in [-0.1, -0.05) is 26.2 Å². The molecule has 1 aromatic heterocycles. The van der Waals surface area contributed by atoms with E-state index < -0.39 is 0 Å². The Morgan fingerprint density at radius 3 is 2.78 bits per heavy atom. The van der Waals surface area contributed by atoms with Gasteiger partial charge in [-0.25, -0.2) is 0 Å². The zero-order valence-electron chi connectivity index (χ0n) is 11.4. The molecule has 18 heavy (non-hydrogen) atoms. The number of nitrogens with zero attached hydrogens (tertiary/aromatic N) is 1. The van der Waals surface area contributed by atoms with Crippen molar-refractivity contribution in [1.82, 2.24) is 10.3 Å². The lowest BCUT2D eigenvalue weighted by Gasteiger charge is -2.42. The highest BCUT2D eigenvalue weighted by atomic mass is 32.1. The van der Waals surface area contributed by atoms with Crippen molar-refractivity contribution < 1.29 is 4.74 Å². The van der Waals surface area contributed by atoms with Crippen LogP contribution in [-0.4, -0.2) is 30.3 Å². The van der Waals surface area contributed by atoms with Gasteiger partial charge in [0.05, 0.1) is 11.1 Å². The summed E-state index contributed by atoms with van der Waals surface area (Å²) in [5.41, 5.74) is 1.94. The molecule has 1 unspecified atom stereocenters. The molecule has 1 aliphatic carbocycles. The van der Waals surface area contributed by atoms with Crippen LogP contribution in [0.3, 0.4) is 0 Å². The van der Waals surface area contributed by atoms with E-state index in [1.807, 2.05) is 18.8 Å². The monoisotopic (exact) mass is 268 g/mol. The Kier molecular flexibility index (Phi) is 5.15. The van der Waals surface area contributed by atoms with Crippen molar-refractivity contribution in [3.05, 3.63) is 16.6 Å². The largest absolute Gasteiger partial charge is 0.377 e. The average molecular weight is 268 g/mol. The molecule has 102 valence electrons. The van der Waals surface area contributed by atoms with E-state index >= 15 is 0 Å². The summed E-state index contributed by atoms with van der Waals surface area (Å²) in [7, 11) is 1.88. The van der Waals surface area contributed by atoms with E-state index in [0.29, 0.717) is 6.04 Å². The van der Waals surface area contributed by atoms with E-state index in [1.54, 1.807) is 11.3 Å². The van der Waals surface area contributed by atoms with Gasteiger partial charge in [-0.3, -0.25) is 4.98 Å². The Bertz CT molecular complexity index is 334. The van der Waals surface area contributed by atoms with Crippen molar-refractivity contribution in [2.24, 2.45) is 0 Å². The summed E-state index contributed by atoms with van der Waals surface area (Å²) in [5, 5.41) is 3.64. The van der Waals surface area contributed by atoms with Gasteiger partial charge in [-0.05, 0) is 19.4 Å². The van der Waals surface area contributed by atoms with Crippen LogP contribution in [0.2, 0.25) is 0 Å². The highest BCUT2D eigenvalue weighted by Crippen LogP contribution is 2.35. The predicted molar refractivity (Wildman–Crippen MR) is 76.1 cm³/mol. The zero-order chi connectivity index (χ0) is 12.8. The Morgan fingerprint density at radius 1 is 1.44 bits per heavy atom. The SMILES string of the molecule is CCNC(Cc1cncs1)C1(OC)CCCCC1. The van der Waals surface area contributed by atoms with Crippen LogP contribution in [0, 0.1) is 0 Å². The first kappa shape index (κ1) is 14.0. The molecule has 0 aliphatic heterocycles. The summed E-state index contributed by atoms with van der Waals surface area (Å²) in [6.45, 7) is 3.17. The number of rotatable bonds is 6. The third kappa shape index (κ3) is 3.11. The predicted octanol–water partition coefficient (Wildman–Crippen LogP) is 3.01. The van der Waals surface area contributed by atoms with Crippen LogP contribution in [0.4, 0.5) is 0 Å². The van der Waals surface area contributed by atoms with Gasteiger partial charge in [0.25, 0.3) is 0 Å². The third-order valence-electron chi connectivity index (χ3n) is 4.08. The zero-order valence-corrected chi connectivity index (χ0v) is 12.3. The summed E-state index contributed by atoms with van der Waals surface area (Å²) >= 11 is 1.74. The third-order valence-corrected chi connectivity index (χ3v) is 4.88. The number of thiazole rings is 1. The van der Waals surface area contributed by atoms with Gasteiger partial charge in [0.2, 0.25) is 0 Å². The van der Waals surface area contributed by atoms with E-state index in [2.05, 4.69) is 17.2 Å². The maximum atomic E-state index is 5.96. The number of hydrogen-bond donors (Lipinski definition) is 1. The van der Waals surface area contributed by atoms with Gasteiger partial charge in [-0.2, -0.15) is 0 Å². The second-order valence-electron chi connectivity index (χ2n) is 5.11. The van der Waals surface area contributed by atoms with Crippen LogP contribution < -0.4 is 5.32 Å². The van der Waals surface area contributed by atoms with E-state index in [-0.39, 0.29) is 5.60 Å². The molecular formula is C14H24N2OS. The molecule has 1 fully saturated rings. The highest BCUT2D eigenvalue weighted by Gasteiger charge is 2.39. The highest BCUT2D eigenvalue weighted by molar-refractivity contribution is 7.09. The van der Waals surface area contributed by atoms with Crippen molar-refractivity contribution >= 4 is 11.3 Å². The molecule has 1 aromatic rings. The first-order chi connectivity index (χ1) is 8.80. The normalized spacial score (nSPS) is 20.8. The number of methoxy groups -OCH3 is 1. The molecule has 0 spiro atoms. The lowest BCUT2D eigenvalue weighted by molar-refractivity contribution is -0.0668. The van der Waals surface area contributed by atoms with E-state index in [9.17, 15) is 0 Å². The molecule has 3 nitrogen and oxygen atoms in total. The average Bonchev–Trinajstić information content (AvgIpc) is 2.92. The van der Waals surface area contributed by atoms with Crippen molar-refractivity contribution in [3.8, 4) is 0 Å². The molecule has 1 heterocycles. The molecule has 2 rings (SSSR count). The minimum atomic E-state index is 0.0260. The molecule has 1 saturated carbocycles. The number of hydrogen-bond acceptors (Lipinski definition) is 4. The summed E-state index contributed by atoms with van der Waals surface area (Å²) in [6, 6.07) is 0.410. The van der Waals surface area contributed by atoms with Gasteiger partial charge >= 0.3 is 0 Å². The maximum Gasteiger partial charge on any atom is 0.0834 e. The standard InChI is InChI=1S/C14H24N2OS/c1-3-16-13(9-12-10-15-11-18-12)14(17-2)7-5-4-6-8-14/h10-11,13,16H,3-9H2,1-2H3. The fourth-order valence-corrected chi connectivity index (χ4v) is 3.72. The minimum absolute atomic E-state index is 0.0260. The van der Waals surface area contributed by atoms with Crippen LogP contribution in [0.25, 0.3) is 0 Å². The van der Waals surface area contributed by atoms with Crippen molar-refractivity contribution in [2.45, 2.75) is 57.1 Å². The van der Waals surface area contributed by atoms with Gasteiger partial charge in [0.1, 0.15) is 0 Å². The molecule has 0 saturated heterocycles. The number of nitrogens with one attached hydrogen (secondary N) is 1. The molecule has 1 N–H and O–H groups in total. The summed E-state index contributed by atoms with van der Waals surface area (Å²) in [6.07, 6.45) is 9.31. The molecule has 1 atom stereocenters. The molecule has 0 radical (unpaired) electrons. The van der Waals surface area contributed by atoms with Gasteiger partial charge in [0, 0.05) is 30.6 Å². The van der Waals surface area contributed by atoms with Crippen LogP contribution in [0.5, 0.6) is 0 Å². The molecule has 0 aromatic carbocycles. The summed E-state index contributed by atoms with van der Waals surface area (Å²) < 4.78 is 5.96. The molecular weight excluding hydrogens is 244 g/mol. The van der Waals surface area contributed by atoms with E-state index in [0.717, 1.165) is 13.0 Å². The number of likely N-dealkylation sites (N-methyl/N-ethyl adjacent to an activating group) is 1. The summed E-state index contributed by atoms with van der Waals surface area (Å²) in [5.74, 6) is 0. The molecule has 0 amide bonds. The Morgan fingerprint density at radius 2 is 2.22 bits per heavy atom. The van der Waals surface area contributed by atoms with E-state index in [4.69, 9.17) is 4.74 Å². The van der Waals surface area contributed by atoms with Crippen molar-refractivity contribution in [3.63, 3.8) is 0 Å². The molecule has 1 aliphatic rings. The smallest absolute Gasteiger partial charge is 0.0834 e. The minimum Gasteiger partial charge on any atom is -0.377 e. The second kappa shape index (κ2) is 6.64. The second-order valence-corrected chi connectivity index (χ2v) is 6.08.